The summed E-state index contributed by atoms with van der Waals surface area (Å²) in [6.45, 7) is 5.94. The largest absolute Gasteiger partial charge is 0.504 e. The highest BCUT2D eigenvalue weighted by Crippen LogP contribution is 2.29. The van der Waals surface area contributed by atoms with E-state index in [4.69, 9.17) is 4.74 Å². The minimum absolute atomic E-state index is 0.203. The lowest BCUT2D eigenvalue weighted by atomic mass is 10.00. The van der Waals surface area contributed by atoms with Gasteiger partial charge in [0.2, 0.25) is 0 Å². The Morgan fingerprint density at radius 1 is 1.17 bits per heavy atom. The van der Waals surface area contributed by atoms with Crippen LogP contribution in [0.15, 0.2) is 42.5 Å². The molecule has 0 radical (unpaired) electrons. The molecule has 0 bridgehead atoms. The molecule has 1 atom stereocenters. The summed E-state index contributed by atoms with van der Waals surface area (Å²) in [5, 5.41) is 13.5. The van der Waals surface area contributed by atoms with Gasteiger partial charge in [-0.15, -0.1) is 0 Å². The Hall–Kier alpha value is -2.04. The van der Waals surface area contributed by atoms with Gasteiger partial charge in [0.15, 0.2) is 11.5 Å². The Morgan fingerprint density at radius 3 is 2.58 bits per heavy atom. The molecule has 24 heavy (non-hydrogen) atoms. The number of hydrogen-bond donors (Lipinski definition) is 2. The van der Waals surface area contributed by atoms with E-state index in [1.165, 1.54) is 11.1 Å². The van der Waals surface area contributed by atoms with Crippen molar-refractivity contribution in [2.75, 3.05) is 26.7 Å². The number of benzene rings is 2. The highest BCUT2D eigenvalue weighted by Gasteiger charge is 2.24. The van der Waals surface area contributed by atoms with Gasteiger partial charge in [0.05, 0.1) is 7.11 Å². The monoisotopic (exact) mass is 326 g/mol. The van der Waals surface area contributed by atoms with E-state index in [0.717, 1.165) is 38.2 Å². The van der Waals surface area contributed by atoms with E-state index in [9.17, 15) is 5.11 Å². The molecule has 2 N–H and O–H groups in total. The summed E-state index contributed by atoms with van der Waals surface area (Å²) in [5.41, 5.74) is 3.82. The molecule has 0 amide bonds. The molecule has 0 aromatic heterocycles. The maximum Gasteiger partial charge on any atom is 0.160 e. The normalized spacial score (nSPS) is 18.5. The van der Waals surface area contributed by atoms with Crippen LogP contribution in [0.3, 0.4) is 0 Å². The zero-order valence-electron chi connectivity index (χ0n) is 14.5. The number of piperazine rings is 1. The molecule has 1 heterocycles. The van der Waals surface area contributed by atoms with Gasteiger partial charge in [-0.1, -0.05) is 37.3 Å². The third-order valence-corrected chi connectivity index (χ3v) is 4.76. The van der Waals surface area contributed by atoms with Crippen LogP contribution in [0.4, 0.5) is 0 Å². The fraction of sp³-hybridized carbons (Fsp3) is 0.400. The van der Waals surface area contributed by atoms with Crippen LogP contribution >= 0.6 is 0 Å². The molecule has 2 aromatic carbocycles. The summed E-state index contributed by atoms with van der Waals surface area (Å²) >= 11 is 0. The average molecular weight is 326 g/mol. The molecule has 1 unspecified atom stereocenters. The van der Waals surface area contributed by atoms with Crippen LogP contribution in [0.5, 0.6) is 11.5 Å². The van der Waals surface area contributed by atoms with E-state index in [1.807, 2.05) is 12.1 Å². The fourth-order valence-corrected chi connectivity index (χ4v) is 3.31. The topological polar surface area (TPSA) is 44.7 Å². The van der Waals surface area contributed by atoms with Crippen molar-refractivity contribution in [3.05, 3.63) is 59.2 Å². The zero-order chi connectivity index (χ0) is 16.9. The second-order valence-corrected chi connectivity index (χ2v) is 6.29. The van der Waals surface area contributed by atoms with Crippen molar-refractivity contribution in [2.24, 2.45) is 0 Å². The number of rotatable bonds is 5. The molecule has 1 saturated heterocycles. The molecule has 0 aliphatic carbocycles. The predicted molar refractivity (Wildman–Crippen MR) is 96.5 cm³/mol. The van der Waals surface area contributed by atoms with Crippen molar-refractivity contribution in [2.45, 2.75) is 25.9 Å². The van der Waals surface area contributed by atoms with Gasteiger partial charge in [-0.25, -0.2) is 0 Å². The fourth-order valence-electron chi connectivity index (χ4n) is 3.31. The lowest BCUT2D eigenvalue weighted by Crippen LogP contribution is -2.45. The van der Waals surface area contributed by atoms with Gasteiger partial charge in [-0.05, 0) is 35.2 Å². The standard InChI is InChI=1S/C20H26N2O2/c1-3-15-4-7-17(8-5-15)18-13-21-10-11-22(18)14-16-6-9-20(24-2)19(23)12-16/h4-9,12,18,21,23H,3,10-11,13-14H2,1-2H3. The van der Waals surface area contributed by atoms with Gasteiger partial charge in [0.1, 0.15) is 0 Å². The Bertz CT molecular complexity index is 670. The van der Waals surface area contributed by atoms with E-state index in [-0.39, 0.29) is 5.75 Å². The molecule has 128 valence electrons. The first-order chi connectivity index (χ1) is 11.7. The third-order valence-electron chi connectivity index (χ3n) is 4.76. The van der Waals surface area contributed by atoms with Crippen LogP contribution in [0.2, 0.25) is 0 Å². The second kappa shape index (κ2) is 7.69. The van der Waals surface area contributed by atoms with Crippen molar-refractivity contribution < 1.29 is 9.84 Å². The van der Waals surface area contributed by atoms with Crippen molar-refractivity contribution in [1.29, 1.82) is 0 Å². The molecule has 2 aromatic rings. The van der Waals surface area contributed by atoms with Gasteiger partial charge >= 0.3 is 0 Å². The van der Waals surface area contributed by atoms with Gasteiger partial charge in [0, 0.05) is 32.2 Å². The van der Waals surface area contributed by atoms with Gasteiger partial charge < -0.3 is 15.2 Å². The first-order valence-electron chi connectivity index (χ1n) is 8.60. The number of methoxy groups -OCH3 is 1. The highest BCUT2D eigenvalue weighted by atomic mass is 16.5. The first kappa shape index (κ1) is 16.8. The van der Waals surface area contributed by atoms with E-state index in [0.29, 0.717) is 11.8 Å². The molecule has 3 rings (SSSR count). The van der Waals surface area contributed by atoms with Crippen LogP contribution in [0, 0.1) is 0 Å². The Morgan fingerprint density at radius 2 is 1.92 bits per heavy atom. The number of aryl methyl sites for hydroxylation is 1. The number of ether oxygens (including phenoxy) is 1. The van der Waals surface area contributed by atoms with E-state index in [2.05, 4.69) is 41.4 Å². The highest BCUT2D eigenvalue weighted by molar-refractivity contribution is 5.41. The lowest BCUT2D eigenvalue weighted by molar-refractivity contribution is 0.153. The molecular weight excluding hydrogens is 300 g/mol. The lowest BCUT2D eigenvalue weighted by Gasteiger charge is -2.36. The van der Waals surface area contributed by atoms with Gasteiger partial charge in [0.25, 0.3) is 0 Å². The van der Waals surface area contributed by atoms with Crippen LogP contribution in [-0.2, 0) is 13.0 Å². The Balaban J connectivity index is 1.77. The minimum atomic E-state index is 0.203. The van der Waals surface area contributed by atoms with Crippen molar-refractivity contribution >= 4 is 0 Å². The van der Waals surface area contributed by atoms with Crippen molar-refractivity contribution in [3.8, 4) is 11.5 Å². The van der Waals surface area contributed by atoms with E-state index < -0.39 is 0 Å². The smallest absolute Gasteiger partial charge is 0.160 e. The third kappa shape index (κ3) is 3.71. The number of hydrogen-bond acceptors (Lipinski definition) is 4. The number of phenolic OH excluding ortho intramolecular Hbond substituents is 1. The summed E-state index contributed by atoms with van der Waals surface area (Å²) in [4.78, 5) is 2.47. The maximum absolute atomic E-state index is 10.0. The molecule has 1 fully saturated rings. The zero-order valence-corrected chi connectivity index (χ0v) is 14.5. The predicted octanol–water partition coefficient (Wildman–Crippen LogP) is 3.11. The number of phenols is 1. The SMILES string of the molecule is CCc1ccc(C2CNCCN2Cc2ccc(OC)c(O)c2)cc1. The second-order valence-electron chi connectivity index (χ2n) is 6.29. The molecule has 0 spiro atoms. The molecule has 4 nitrogen and oxygen atoms in total. The molecule has 1 aliphatic heterocycles. The molecule has 4 heteroatoms. The van der Waals surface area contributed by atoms with E-state index in [1.54, 1.807) is 13.2 Å². The van der Waals surface area contributed by atoms with Crippen molar-refractivity contribution in [1.82, 2.24) is 10.2 Å². The van der Waals surface area contributed by atoms with Gasteiger partial charge in [-0.3, -0.25) is 4.90 Å². The van der Waals surface area contributed by atoms with Crippen LogP contribution < -0.4 is 10.1 Å². The summed E-state index contributed by atoms with van der Waals surface area (Å²) < 4.78 is 5.13. The summed E-state index contributed by atoms with van der Waals surface area (Å²) in [5.74, 6) is 0.722. The number of aromatic hydroxyl groups is 1. The summed E-state index contributed by atoms with van der Waals surface area (Å²) in [6, 6.07) is 15.0. The van der Waals surface area contributed by atoms with E-state index >= 15 is 0 Å². The van der Waals surface area contributed by atoms with Crippen LogP contribution in [-0.4, -0.2) is 36.8 Å². The quantitative estimate of drug-likeness (QED) is 0.886. The molecule has 1 aliphatic rings. The Kier molecular flexibility index (Phi) is 5.38. The van der Waals surface area contributed by atoms with Crippen LogP contribution in [0.25, 0.3) is 0 Å². The molecular formula is C20H26N2O2. The van der Waals surface area contributed by atoms with Gasteiger partial charge in [-0.2, -0.15) is 0 Å². The van der Waals surface area contributed by atoms with Crippen molar-refractivity contribution in [3.63, 3.8) is 0 Å². The average Bonchev–Trinajstić information content (AvgIpc) is 2.62. The summed E-state index contributed by atoms with van der Waals surface area (Å²) in [6.07, 6.45) is 1.07. The summed E-state index contributed by atoms with van der Waals surface area (Å²) in [7, 11) is 1.57. The Labute approximate surface area is 144 Å². The minimum Gasteiger partial charge on any atom is -0.504 e. The van der Waals surface area contributed by atoms with Crippen LogP contribution in [0.1, 0.15) is 29.7 Å². The molecule has 0 saturated carbocycles. The number of nitrogens with one attached hydrogen (secondary N) is 1. The first-order valence-corrected chi connectivity index (χ1v) is 8.60. The number of nitrogens with zero attached hydrogens (tertiary/aromatic N) is 1. The maximum atomic E-state index is 10.0.